The summed E-state index contributed by atoms with van der Waals surface area (Å²) in [5, 5.41) is 0. The molecular weight excluding hydrogens is 306 g/mol. The third-order valence-electron chi connectivity index (χ3n) is 2.71. The molecule has 0 aliphatic rings. The van der Waals surface area contributed by atoms with Crippen molar-refractivity contribution in [3.05, 3.63) is 52.3 Å². The van der Waals surface area contributed by atoms with Crippen LogP contribution in [-0.4, -0.2) is 10.8 Å². The zero-order valence-corrected chi connectivity index (χ0v) is 12.4. The Morgan fingerprint density at radius 2 is 2.11 bits per heavy atom. The van der Waals surface area contributed by atoms with E-state index in [2.05, 4.69) is 20.9 Å². The van der Waals surface area contributed by atoms with E-state index in [1.54, 1.807) is 18.3 Å². The molecule has 0 fully saturated rings. The molecule has 2 rings (SSSR count). The molecule has 0 bridgehead atoms. The molecule has 0 N–H and O–H groups in total. The van der Waals surface area contributed by atoms with Crippen molar-refractivity contribution in [2.45, 2.75) is 20.3 Å². The van der Waals surface area contributed by atoms with Crippen molar-refractivity contribution in [2.75, 3.05) is 0 Å². The van der Waals surface area contributed by atoms with Crippen molar-refractivity contribution in [3.63, 3.8) is 0 Å². The molecule has 0 amide bonds. The van der Waals surface area contributed by atoms with Gasteiger partial charge in [-0.15, -0.1) is 0 Å². The first kappa shape index (κ1) is 13.7. The summed E-state index contributed by atoms with van der Waals surface area (Å²) in [6.07, 6.45) is 2.03. The summed E-state index contributed by atoms with van der Waals surface area (Å²) in [6, 6.07) is 9.25. The normalized spacial score (nSPS) is 10.3. The van der Waals surface area contributed by atoms with Crippen molar-refractivity contribution < 1.29 is 9.53 Å². The molecule has 0 radical (unpaired) electrons. The van der Waals surface area contributed by atoms with E-state index in [9.17, 15) is 4.79 Å². The molecule has 0 spiro atoms. The van der Waals surface area contributed by atoms with E-state index >= 15 is 0 Å². The van der Waals surface area contributed by atoms with Crippen molar-refractivity contribution in [1.82, 2.24) is 4.98 Å². The van der Waals surface area contributed by atoms with Crippen LogP contribution in [0.15, 0.2) is 41.0 Å². The van der Waals surface area contributed by atoms with Gasteiger partial charge in [-0.3, -0.25) is 4.79 Å². The van der Waals surface area contributed by atoms with Gasteiger partial charge < -0.3 is 4.74 Å². The molecule has 0 saturated heterocycles. The van der Waals surface area contributed by atoms with Gasteiger partial charge in [-0.25, -0.2) is 4.98 Å². The number of hydrogen-bond donors (Lipinski definition) is 0. The second-order valence-electron chi connectivity index (χ2n) is 4.17. The van der Waals surface area contributed by atoms with E-state index in [1.807, 2.05) is 32.0 Å². The number of benzene rings is 1. The molecule has 0 aliphatic carbocycles. The average Bonchev–Trinajstić information content (AvgIpc) is 2.42. The van der Waals surface area contributed by atoms with E-state index in [1.165, 1.54) is 0 Å². The largest absolute Gasteiger partial charge is 0.455 e. The summed E-state index contributed by atoms with van der Waals surface area (Å²) < 4.78 is 6.75. The smallest absolute Gasteiger partial charge is 0.180 e. The lowest BCUT2D eigenvalue weighted by Crippen LogP contribution is -1.99. The second-order valence-corrected chi connectivity index (χ2v) is 5.08. The molecule has 19 heavy (non-hydrogen) atoms. The van der Waals surface area contributed by atoms with E-state index in [4.69, 9.17) is 4.74 Å². The van der Waals surface area contributed by atoms with Crippen LogP contribution < -0.4 is 4.74 Å². The van der Waals surface area contributed by atoms with Gasteiger partial charge in [0.05, 0.1) is 6.20 Å². The van der Waals surface area contributed by atoms with Gasteiger partial charge in [-0.1, -0.05) is 22.9 Å². The zero-order chi connectivity index (χ0) is 13.8. The fraction of sp³-hybridized carbons (Fsp3) is 0.200. The third kappa shape index (κ3) is 3.41. The number of ether oxygens (including phenoxy) is 1. The molecule has 1 aromatic carbocycles. The van der Waals surface area contributed by atoms with Gasteiger partial charge in [0.1, 0.15) is 17.2 Å². The number of rotatable bonds is 4. The Morgan fingerprint density at radius 1 is 1.32 bits per heavy atom. The standard InChI is InChI=1S/C15H14BrNO2/c1-3-14(18)13-6-5-12(9-17-13)19-15-7-4-11(16)8-10(15)2/h4-9H,3H2,1-2H3. The van der Waals surface area contributed by atoms with Crippen LogP contribution in [0.2, 0.25) is 0 Å². The molecule has 3 nitrogen and oxygen atoms in total. The van der Waals surface area contributed by atoms with Crippen LogP contribution in [0.4, 0.5) is 0 Å². The number of halogens is 1. The average molecular weight is 320 g/mol. The number of aromatic nitrogens is 1. The highest BCUT2D eigenvalue weighted by Gasteiger charge is 2.06. The van der Waals surface area contributed by atoms with Gasteiger partial charge in [-0.05, 0) is 42.8 Å². The van der Waals surface area contributed by atoms with Gasteiger partial charge in [0, 0.05) is 10.9 Å². The van der Waals surface area contributed by atoms with Crippen molar-refractivity contribution in [3.8, 4) is 11.5 Å². The summed E-state index contributed by atoms with van der Waals surface area (Å²) >= 11 is 3.41. The van der Waals surface area contributed by atoms with Gasteiger partial charge in [0.25, 0.3) is 0 Å². The van der Waals surface area contributed by atoms with E-state index in [0.29, 0.717) is 17.9 Å². The maximum atomic E-state index is 11.5. The zero-order valence-electron chi connectivity index (χ0n) is 10.8. The Bertz CT molecular complexity index is 594. The minimum Gasteiger partial charge on any atom is -0.455 e. The van der Waals surface area contributed by atoms with Crippen molar-refractivity contribution in [2.24, 2.45) is 0 Å². The lowest BCUT2D eigenvalue weighted by molar-refractivity contribution is 0.0983. The first-order chi connectivity index (χ1) is 9.10. The quantitative estimate of drug-likeness (QED) is 0.777. The Balaban J connectivity index is 2.17. The van der Waals surface area contributed by atoms with Crippen LogP contribution >= 0.6 is 15.9 Å². The minimum absolute atomic E-state index is 0.0337. The number of carbonyl (C=O) groups excluding carboxylic acids is 1. The molecule has 0 unspecified atom stereocenters. The monoisotopic (exact) mass is 319 g/mol. The predicted octanol–water partition coefficient (Wildman–Crippen LogP) is 4.54. The molecule has 2 aromatic rings. The summed E-state index contributed by atoms with van der Waals surface area (Å²) in [6.45, 7) is 3.79. The topological polar surface area (TPSA) is 39.2 Å². The van der Waals surface area contributed by atoms with Crippen LogP contribution in [0.1, 0.15) is 29.4 Å². The number of pyridine rings is 1. The number of aryl methyl sites for hydroxylation is 1. The highest BCUT2D eigenvalue weighted by atomic mass is 79.9. The van der Waals surface area contributed by atoms with Gasteiger partial charge in [0.2, 0.25) is 0 Å². The second kappa shape index (κ2) is 5.97. The number of carbonyl (C=O) groups is 1. The highest BCUT2D eigenvalue weighted by Crippen LogP contribution is 2.27. The predicted molar refractivity (Wildman–Crippen MR) is 77.8 cm³/mol. The number of ketones is 1. The Morgan fingerprint density at radius 3 is 2.68 bits per heavy atom. The Kier molecular flexibility index (Phi) is 4.32. The lowest BCUT2D eigenvalue weighted by atomic mass is 10.2. The minimum atomic E-state index is 0.0337. The van der Waals surface area contributed by atoms with Crippen molar-refractivity contribution >= 4 is 21.7 Å². The number of Topliss-reactive ketones (excluding diaryl/α,β-unsaturated/α-hetero) is 1. The van der Waals surface area contributed by atoms with Crippen LogP contribution in [0.5, 0.6) is 11.5 Å². The maximum Gasteiger partial charge on any atom is 0.180 e. The third-order valence-corrected chi connectivity index (χ3v) is 3.20. The molecule has 98 valence electrons. The van der Waals surface area contributed by atoms with Crippen LogP contribution in [0.3, 0.4) is 0 Å². The van der Waals surface area contributed by atoms with Gasteiger partial charge in [-0.2, -0.15) is 0 Å². The summed E-state index contributed by atoms with van der Waals surface area (Å²) in [4.78, 5) is 15.6. The molecule has 0 aliphatic heterocycles. The molecule has 1 aromatic heterocycles. The van der Waals surface area contributed by atoms with Gasteiger partial charge >= 0.3 is 0 Å². The molecular formula is C15H14BrNO2. The Labute approximate surface area is 120 Å². The lowest BCUT2D eigenvalue weighted by Gasteiger charge is -2.08. The fourth-order valence-electron chi connectivity index (χ4n) is 1.64. The summed E-state index contributed by atoms with van der Waals surface area (Å²) in [7, 11) is 0. The van der Waals surface area contributed by atoms with E-state index in [0.717, 1.165) is 15.8 Å². The summed E-state index contributed by atoms with van der Waals surface area (Å²) in [5.74, 6) is 1.43. The molecule has 0 saturated carbocycles. The SMILES string of the molecule is CCC(=O)c1ccc(Oc2ccc(Br)cc2C)cn1. The number of hydrogen-bond acceptors (Lipinski definition) is 3. The van der Waals surface area contributed by atoms with E-state index in [-0.39, 0.29) is 5.78 Å². The van der Waals surface area contributed by atoms with Crippen LogP contribution in [0, 0.1) is 6.92 Å². The van der Waals surface area contributed by atoms with Crippen LogP contribution in [-0.2, 0) is 0 Å². The first-order valence-electron chi connectivity index (χ1n) is 6.03. The van der Waals surface area contributed by atoms with Crippen molar-refractivity contribution in [1.29, 1.82) is 0 Å². The fourth-order valence-corrected chi connectivity index (χ4v) is 2.12. The first-order valence-corrected chi connectivity index (χ1v) is 6.82. The molecule has 1 heterocycles. The maximum absolute atomic E-state index is 11.5. The molecule has 4 heteroatoms. The summed E-state index contributed by atoms with van der Waals surface area (Å²) in [5.41, 5.74) is 1.51. The van der Waals surface area contributed by atoms with Gasteiger partial charge in [0.15, 0.2) is 5.78 Å². The van der Waals surface area contributed by atoms with E-state index < -0.39 is 0 Å². The van der Waals surface area contributed by atoms with Crippen LogP contribution in [0.25, 0.3) is 0 Å². The Hall–Kier alpha value is -1.68. The highest BCUT2D eigenvalue weighted by molar-refractivity contribution is 9.10. The number of nitrogens with zero attached hydrogens (tertiary/aromatic N) is 1. The molecule has 0 atom stereocenters.